The van der Waals surface area contributed by atoms with Crippen molar-refractivity contribution in [1.29, 1.82) is 0 Å². The van der Waals surface area contributed by atoms with Gasteiger partial charge in [-0.1, -0.05) is 18.6 Å². The van der Waals surface area contributed by atoms with Gasteiger partial charge in [0.25, 0.3) is 0 Å². The summed E-state index contributed by atoms with van der Waals surface area (Å²) in [5.41, 5.74) is 1.40. The maximum atomic E-state index is 5.32. The molecule has 1 aromatic carbocycles. The van der Waals surface area contributed by atoms with Gasteiger partial charge in [-0.05, 0) is 50.9 Å². The molecule has 0 saturated carbocycles. The van der Waals surface area contributed by atoms with Crippen LogP contribution in [0, 0.1) is 0 Å². The lowest BCUT2D eigenvalue weighted by Crippen LogP contribution is -2.38. The average molecular weight is 233 g/mol. The van der Waals surface area contributed by atoms with Crippen LogP contribution in [-0.4, -0.2) is 24.6 Å². The lowest BCUT2D eigenvalue weighted by molar-refractivity contribution is 0.112. The molecule has 0 aromatic heterocycles. The molecule has 1 fully saturated rings. The molecule has 0 N–H and O–H groups in total. The van der Waals surface area contributed by atoms with Gasteiger partial charge in [0.2, 0.25) is 0 Å². The monoisotopic (exact) mass is 233 g/mol. The highest BCUT2D eigenvalue weighted by Gasteiger charge is 2.25. The number of likely N-dealkylation sites (tertiary alicyclic amines) is 1. The fraction of sp³-hybridized carbons (Fsp3) is 0.600. The zero-order valence-corrected chi connectivity index (χ0v) is 11.1. The lowest BCUT2D eigenvalue weighted by Gasteiger charge is -2.39. The summed E-state index contributed by atoms with van der Waals surface area (Å²) in [5, 5.41) is 0. The molecule has 0 amide bonds. The first-order chi connectivity index (χ1) is 8.22. The maximum Gasteiger partial charge on any atom is 0.119 e. The summed E-state index contributed by atoms with van der Waals surface area (Å²) >= 11 is 0. The zero-order chi connectivity index (χ0) is 12.3. The van der Waals surface area contributed by atoms with Gasteiger partial charge in [0, 0.05) is 12.1 Å². The number of rotatable bonds is 3. The number of ether oxygens (including phenoxy) is 1. The van der Waals surface area contributed by atoms with E-state index in [0.29, 0.717) is 12.1 Å². The first-order valence-corrected chi connectivity index (χ1v) is 6.62. The third kappa shape index (κ3) is 2.81. The van der Waals surface area contributed by atoms with Crippen LogP contribution in [0.1, 0.15) is 44.7 Å². The molecule has 1 aromatic rings. The molecule has 1 aliphatic heterocycles. The van der Waals surface area contributed by atoms with Crippen LogP contribution >= 0.6 is 0 Å². The molecule has 94 valence electrons. The Morgan fingerprint density at radius 1 is 1.29 bits per heavy atom. The highest BCUT2D eigenvalue weighted by atomic mass is 16.5. The summed E-state index contributed by atoms with van der Waals surface area (Å²) in [7, 11) is 1.74. The van der Waals surface area contributed by atoms with Gasteiger partial charge in [-0.2, -0.15) is 0 Å². The second kappa shape index (κ2) is 5.54. The highest BCUT2D eigenvalue weighted by molar-refractivity contribution is 5.30. The first-order valence-electron chi connectivity index (χ1n) is 6.62. The van der Waals surface area contributed by atoms with Gasteiger partial charge in [0.1, 0.15) is 5.75 Å². The van der Waals surface area contributed by atoms with E-state index in [4.69, 9.17) is 4.74 Å². The minimum absolute atomic E-state index is 0.568. The summed E-state index contributed by atoms with van der Waals surface area (Å²) in [6.07, 6.45) is 3.94. The van der Waals surface area contributed by atoms with E-state index in [1.54, 1.807) is 7.11 Å². The van der Waals surface area contributed by atoms with Crippen molar-refractivity contribution >= 4 is 0 Å². The van der Waals surface area contributed by atoms with Crippen LogP contribution in [0.5, 0.6) is 5.75 Å². The van der Waals surface area contributed by atoms with Crippen LogP contribution in [0.25, 0.3) is 0 Å². The molecule has 0 spiro atoms. The SMILES string of the molecule is COc1cccc(C2CCCCN2C(C)C)c1. The molecule has 1 heterocycles. The molecule has 2 rings (SSSR count). The second-order valence-corrected chi connectivity index (χ2v) is 5.12. The first kappa shape index (κ1) is 12.4. The molecule has 2 heteroatoms. The Labute approximate surface area is 105 Å². The molecular formula is C15H23NO. The van der Waals surface area contributed by atoms with E-state index in [-0.39, 0.29) is 0 Å². The molecule has 0 aliphatic carbocycles. The summed E-state index contributed by atoms with van der Waals surface area (Å²) in [5.74, 6) is 0.969. The van der Waals surface area contributed by atoms with E-state index in [9.17, 15) is 0 Å². The third-order valence-corrected chi connectivity index (χ3v) is 3.69. The fourth-order valence-corrected chi connectivity index (χ4v) is 2.78. The molecule has 1 atom stereocenters. The zero-order valence-electron chi connectivity index (χ0n) is 11.1. The third-order valence-electron chi connectivity index (χ3n) is 3.69. The van der Waals surface area contributed by atoms with E-state index in [1.807, 2.05) is 6.07 Å². The van der Waals surface area contributed by atoms with Crippen molar-refractivity contribution in [2.75, 3.05) is 13.7 Å². The van der Waals surface area contributed by atoms with Crippen molar-refractivity contribution in [3.05, 3.63) is 29.8 Å². The summed E-state index contributed by atoms with van der Waals surface area (Å²) < 4.78 is 5.32. The summed E-state index contributed by atoms with van der Waals surface area (Å²) in [6.45, 7) is 5.80. The topological polar surface area (TPSA) is 12.5 Å². The van der Waals surface area contributed by atoms with Gasteiger partial charge in [-0.15, -0.1) is 0 Å². The Morgan fingerprint density at radius 3 is 2.82 bits per heavy atom. The van der Waals surface area contributed by atoms with E-state index >= 15 is 0 Å². The smallest absolute Gasteiger partial charge is 0.119 e. The van der Waals surface area contributed by atoms with Gasteiger partial charge < -0.3 is 4.74 Å². The van der Waals surface area contributed by atoms with E-state index in [1.165, 1.54) is 31.4 Å². The van der Waals surface area contributed by atoms with Gasteiger partial charge in [-0.3, -0.25) is 4.90 Å². The largest absolute Gasteiger partial charge is 0.497 e. The number of piperidine rings is 1. The van der Waals surface area contributed by atoms with Crippen molar-refractivity contribution in [2.45, 2.75) is 45.2 Å². The predicted octanol–water partition coefficient (Wildman–Crippen LogP) is 3.63. The highest BCUT2D eigenvalue weighted by Crippen LogP contribution is 2.33. The van der Waals surface area contributed by atoms with Gasteiger partial charge >= 0.3 is 0 Å². The van der Waals surface area contributed by atoms with Crippen LogP contribution < -0.4 is 4.74 Å². The Morgan fingerprint density at radius 2 is 2.12 bits per heavy atom. The summed E-state index contributed by atoms with van der Waals surface area (Å²) in [4.78, 5) is 2.61. The van der Waals surface area contributed by atoms with Gasteiger partial charge in [0.15, 0.2) is 0 Å². The molecule has 1 saturated heterocycles. The van der Waals surface area contributed by atoms with Crippen LogP contribution in [0.4, 0.5) is 0 Å². The normalized spacial score (nSPS) is 21.8. The second-order valence-electron chi connectivity index (χ2n) is 5.12. The predicted molar refractivity (Wildman–Crippen MR) is 71.4 cm³/mol. The van der Waals surface area contributed by atoms with E-state index in [0.717, 1.165) is 5.75 Å². The van der Waals surface area contributed by atoms with Crippen LogP contribution in [0.3, 0.4) is 0 Å². The molecule has 0 bridgehead atoms. The van der Waals surface area contributed by atoms with Gasteiger partial charge in [-0.25, -0.2) is 0 Å². The number of hydrogen-bond donors (Lipinski definition) is 0. The summed E-state index contributed by atoms with van der Waals surface area (Å²) in [6, 6.07) is 9.72. The number of benzene rings is 1. The molecular weight excluding hydrogens is 210 g/mol. The van der Waals surface area contributed by atoms with Crippen molar-refractivity contribution in [3.8, 4) is 5.75 Å². The lowest BCUT2D eigenvalue weighted by atomic mass is 9.94. The Kier molecular flexibility index (Phi) is 4.06. The Bertz CT molecular complexity index is 362. The van der Waals surface area contributed by atoms with Crippen molar-refractivity contribution in [3.63, 3.8) is 0 Å². The quantitative estimate of drug-likeness (QED) is 0.790. The van der Waals surface area contributed by atoms with E-state index < -0.39 is 0 Å². The minimum atomic E-state index is 0.568. The van der Waals surface area contributed by atoms with E-state index in [2.05, 4.69) is 36.9 Å². The Balaban J connectivity index is 2.22. The van der Waals surface area contributed by atoms with Crippen LogP contribution in [0.2, 0.25) is 0 Å². The van der Waals surface area contributed by atoms with Crippen molar-refractivity contribution in [2.24, 2.45) is 0 Å². The Hall–Kier alpha value is -1.02. The molecule has 1 unspecified atom stereocenters. The van der Waals surface area contributed by atoms with Crippen molar-refractivity contribution in [1.82, 2.24) is 4.90 Å². The molecule has 17 heavy (non-hydrogen) atoms. The molecule has 1 aliphatic rings. The molecule has 0 radical (unpaired) electrons. The van der Waals surface area contributed by atoms with Crippen molar-refractivity contribution < 1.29 is 4.74 Å². The molecule has 2 nitrogen and oxygen atoms in total. The maximum absolute atomic E-state index is 5.32. The number of hydrogen-bond acceptors (Lipinski definition) is 2. The minimum Gasteiger partial charge on any atom is -0.497 e. The van der Waals surface area contributed by atoms with Crippen LogP contribution in [-0.2, 0) is 0 Å². The van der Waals surface area contributed by atoms with Gasteiger partial charge in [0.05, 0.1) is 7.11 Å². The number of nitrogens with zero attached hydrogens (tertiary/aromatic N) is 1. The van der Waals surface area contributed by atoms with Crippen LogP contribution in [0.15, 0.2) is 24.3 Å². The average Bonchev–Trinajstić information content (AvgIpc) is 2.39. The standard InChI is InChI=1S/C15H23NO/c1-12(2)16-10-5-4-9-15(16)13-7-6-8-14(11-13)17-3/h6-8,11-12,15H,4-5,9-10H2,1-3H3. The number of methoxy groups -OCH3 is 1. The fourth-order valence-electron chi connectivity index (χ4n) is 2.78.